The summed E-state index contributed by atoms with van der Waals surface area (Å²) in [5.41, 5.74) is 10.1. The average molecular weight is 501 g/mol. The Bertz CT molecular complexity index is 1050. The minimum atomic E-state index is -0.182. The third kappa shape index (κ3) is 6.88. The van der Waals surface area contributed by atoms with Crippen molar-refractivity contribution < 1.29 is 4.39 Å². The zero-order valence-electron chi connectivity index (χ0n) is 22.0. The van der Waals surface area contributed by atoms with E-state index in [1.165, 1.54) is 49.7 Å². The minimum absolute atomic E-state index is 0.0956. The largest absolute Gasteiger partial charge is 0.404 e. The van der Waals surface area contributed by atoms with Gasteiger partial charge in [0.05, 0.1) is 5.69 Å². The van der Waals surface area contributed by atoms with Gasteiger partial charge >= 0.3 is 0 Å². The number of nitrogens with two attached hydrogens (primary N) is 1. The number of benzene rings is 1. The lowest BCUT2D eigenvalue weighted by molar-refractivity contribution is 0.488. The maximum Gasteiger partial charge on any atom is 0.152 e. The van der Waals surface area contributed by atoms with Crippen molar-refractivity contribution in [3.05, 3.63) is 47.0 Å². The number of nitrogens with one attached hydrogen (secondary N) is 3. The molecule has 0 radical (unpaired) electrons. The van der Waals surface area contributed by atoms with E-state index in [-0.39, 0.29) is 11.2 Å². The first kappa shape index (κ1) is 27.3. The van der Waals surface area contributed by atoms with Crippen LogP contribution < -0.4 is 15.8 Å². The van der Waals surface area contributed by atoms with E-state index >= 15 is 0 Å². The Balaban J connectivity index is 0.000000266. The summed E-state index contributed by atoms with van der Waals surface area (Å²) in [6, 6.07) is 5.78. The number of rotatable bonds is 6. The van der Waals surface area contributed by atoms with E-state index in [0.717, 1.165) is 27.7 Å². The van der Waals surface area contributed by atoms with Gasteiger partial charge in [0.2, 0.25) is 0 Å². The van der Waals surface area contributed by atoms with Gasteiger partial charge in [0.25, 0.3) is 0 Å². The molecule has 8 heteroatoms. The van der Waals surface area contributed by atoms with Crippen LogP contribution in [0.5, 0.6) is 0 Å². The lowest BCUT2D eigenvalue weighted by Gasteiger charge is -2.21. The van der Waals surface area contributed by atoms with E-state index < -0.39 is 0 Å². The van der Waals surface area contributed by atoms with Gasteiger partial charge in [0.15, 0.2) is 11.6 Å². The molecule has 5 N–H and O–H groups in total. The zero-order valence-corrected chi connectivity index (χ0v) is 22.8. The molecule has 1 aliphatic carbocycles. The van der Waals surface area contributed by atoms with Crippen molar-refractivity contribution in [2.24, 2.45) is 22.1 Å². The number of nitrogens with zero attached hydrogens (tertiary/aromatic N) is 2. The van der Waals surface area contributed by atoms with E-state index in [1.54, 1.807) is 19.3 Å². The number of aliphatic imine (C=N–C) groups is 1. The quantitative estimate of drug-likeness (QED) is 0.252. The van der Waals surface area contributed by atoms with Crippen LogP contribution in [0.4, 0.5) is 15.9 Å². The molecule has 192 valence electrons. The second-order valence-electron chi connectivity index (χ2n) is 10.5. The van der Waals surface area contributed by atoms with Crippen LogP contribution in [0.3, 0.4) is 0 Å². The molecular formula is C27H41FN6S. The molecule has 1 aromatic carbocycles. The van der Waals surface area contributed by atoms with Gasteiger partial charge in [-0.3, -0.25) is 14.8 Å². The molecule has 0 saturated heterocycles. The number of aromatic nitrogens is 2. The summed E-state index contributed by atoms with van der Waals surface area (Å²) < 4.78 is 17.7. The molecular weight excluding hydrogens is 459 g/mol. The number of halogens is 1. The Morgan fingerprint density at radius 1 is 1.34 bits per heavy atom. The Hall–Kier alpha value is -2.32. The van der Waals surface area contributed by atoms with Gasteiger partial charge in [-0.05, 0) is 73.4 Å². The number of H-pyrrole nitrogens is 1. The molecule has 2 unspecified atom stereocenters. The summed E-state index contributed by atoms with van der Waals surface area (Å²) in [7, 11) is 1.78. The van der Waals surface area contributed by atoms with Crippen molar-refractivity contribution in [1.29, 1.82) is 0 Å². The lowest BCUT2D eigenvalue weighted by atomic mass is 9.84. The van der Waals surface area contributed by atoms with E-state index in [0.29, 0.717) is 24.0 Å². The van der Waals surface area contributed by atoms with Crippen LogP contribution in [0.1, 0.15) is 83.9 Å². The van der Waals surface area contributed by atoms with E-state index in [4.69, 9.17) is 5.73 Å². The molecule has 2 aliphatic rings. The molecule has 2 aromatic rings. The van der Waals surface area contributed by atoms with Gasteiger partial charge in [-0.1, -0.05) is 40.5 Å². The monoisotopic (exact) mass is 500 g/mol. The number of hydrogen-bond acceptors (Lipinski definition) is 6. The summed E-state index contributed by atoms with van der Waals surface area (Å²) >= 11 is 1.48. The molecule has 0 amide bonds. The predicted octanol–water partition coefficient (Wildman–Crippen LogP) is 7.05. The first-order chi connectivity index (χ1) is 16.7. The highest BCUT2D eigenvalue weighted by molar-refractivity contribution is 7.97. The van der Waals surface area contributed by atoms with Crippen LogP contribution in [0.25, 0.3) is 0 Å². The highest BCUT2D eigenvalue weighted by Gasteiger charge is 2.27. The maximum absolute atomic E-state index is 14.5. The smallest absolute Gasteiger partial charge is 0.152 e. The molecule has 1 aliphatic heterocycles. The fraction of sp³-hybridized carbons (Fsp3) is 0.556. The summed E-state index contributed by atoms with van der Waals surface area (Å²) in [5, 5.41) is 10.6. The van der Waals surface area contributed by atoms with Crippen molar-refractivity contribution in [1.82, 2.24) is 14.9 Å². The third-order valence-corrected chi connectivity index (χ3v) is 7.76. The summed E-state index contributed by atoms with van der Waals surface area (Å²) in [6.07, 6.45) is 8.00. The van der Waals surface area contributed by atoms with Gasteiger partial charge in [-0.2, -0.15) is 5.10 Å². The molecule has 1 aromatic heterocycles. The molecule has 2 atom stereocenters. The Morgan fingerprint density at radius 2 is 2.11 bits per heavy atom. The number of anilines is 2. The topological polar surface area (TPSA) is 91.1 Å². The van der Waals surface area contributed by atoms with Crippen LogP contribution in [-0.4, -0.2) is 23.0 Å². The number of allylic oxidation sites excluding steroid dienone is 1. The fourth-order valence-electron chi connectivity index (χ4n) is 4.96. The van der Waals surface area contributed by atoms with Gasteiger partial charge in [-0.15, -0.1) is 0 Å². The SMILES string of the molecule is CCCC1CCC(c2cc(Nc3ccc4c(c3F)CNS4)n[nH]2)C1.CN=C(C)/C(=C\N)C(C)(C)C. The molecule has 0 spiro atoms. The van der Waals surface area contributed by atoms with Crippen molar-refractivity contribution in [2.75, 3.05) is 12.4 Å². The summed E-state index contributed by atoms with van der Waals surface area (Å²) in [4.78, 5) is 5.06. The molecule has 0 bridgehead atoms. The molecule has 1 saturated carbocycles. The molecule has 4 rings (SSSR count). The van der Waals surface area contributed by atoms with Crippen molar-refractivity contribution >= 4 is 29.2 Å². The number of fused-ring (bicyclic) bond motifs is 1. The van der Waals surface area contributed by atoms with Gasteiger partial charge in [0, 0.05) is 47.4 Å². The lowest BCUT2D eigenvalue weighted by Crippen LogP contribution is -2.17. The van der Waals surface area contributed by atoms with E-state index in [1.807, 2.05) is 19.1 Å². The van der Waals surface area contributed by atoms with E-state index in [2.05, 4.69) is 52.9 Å². The maximum atomic E-state index is 14.5. The molecule has 2 heterocycles. The third-order valence-electron chi connectivity index (χ3n) is 6.87. The second-order valence-corrected chi connectivity index (χ2v) is 11.4. The van der Waals surface area contributed by atoms with Crippen LogP contribution in [0, 0.1) is 17.2 Å². The van der Waals surface area contributed by atoms with Crippen LogP contribution in [0.15, 0.2) is 39.9 Å². The zero-order chi connectivity index (χ0) is 25.6. The first-order valence-electron chi connectivity index (χ1n) is 12.6. The van der Waals surface area contributed by atoms with E-state index in [9.17, 15) is 4.39 Å². The summed E-state index contributed by atoms with van der Waals surface area (Å²) in [6.45, 7) is 11.2. The van der Waals surface area contributed by atoms with Crippen LogP contribution >= 0.6 is 11.9 Å². The predicted molar refractivity (Wildman–Crippen MR) is 147 cm³/mol. The highest BCUT2D eigenvalue weighted by Crippen LogP contribution is 2.40. The fourth-order valence-corrected chi connectivity index (χ4v) is 5.75. The molecule has 35 heavy (non-hydrogen) atoms. The molecule has 1 fully saturated rings. The minimum Gasteiger partial charge on any atom is -0.404 e. The average Bonchev–Trinajstić information content (AvgIpc) is 3.56. The Kier molecular flexibility index (Phi) is 9.41. The van der Waals surface area contributed by atoms with Gasteiger partial charge in [-0.25, -0.2) is 4.39 Å². The van der Waals surface area contributed by atoms with Gasteiger partial charge in [0.1, 0.15) is 0 Å². The standard InChI is InChI=1S/C18H23FN4S.C9H18N2/c1-2-3-11-4-5-12(8-11)15-9-17(23-22-15)21-14-6-7-16-13(18(14)19)10-20-24-16;1-7(11-5)8(6-10)9(2,3)4/h6-7,9,11-12,20H,2-5,8,10H2,1H3,(H2,21,22,23);6H,10H2,1-5H3/b;8-6+,11-7?. The van der Waals surface area contributed by atoms with Crippen molar-refractivity contribution in [2.45, 2.75) is 84.1 Å². The van der Waals surface area contributed by atoms with Crippen LogP contribution in [-0.2, 0) is 6.54 Å². The van der Waals surface area contributed by atoms with Crippen molar-refractivity contribution in [3.63, 3.8) is 0 Å². The Labute approximate surface area is 214 Å². The van der Waals surface area contributed by atoms with Gasteiger partial charge < -0.3 is 11.1 Å². The number of aromatic amines is 1. The summed E-state index contributed by atoms with van der Waals surface area (Å²) in [5.74, 6) is 1.92. The van der Waals surface area contributed by atoms with Crippen LogP contribution in [0.2, 0.25) is 0 Å². The normalized spacial score (nSPS) is 20.4. The second kappa shape index (κ2) is 12.1. The Morgan fingerprint density at radius 3 is 2.74 bits per heavy atom. The number of hydrogen-bond donors (Lipinski definition) is 4. The first-order valence-corrected chi connectivity index (χ1v) is 13.4. The highest BCUT2D eigenvalue weighted by atomic mass is 32.2. The van der Waals surface area contributed by atoms with Crippen molar-refractivity contribution in [3.8, 4) is 0 Å². The molecule has 6 nitrogen and oxygen atoms in total.